The first-order valence-electron chi connectivity index (χ1n) is 11.2. The Morgan fingerprint density at radius 3 is 2.55 bits per heavy atom. The Balaban J connectivity index is 0.00000231. The maximum Gasteiger partial charge on any atom is 0.119 e. The number of aromatic amines is 2. The summed E-state index contributed by atoms with van der Waals surface area (Å²) < 4.78 is 5.39. The minimum absolute atomic E-state index is 0. The van der Waals surface area contributed by atoms with Crippen LogP contribution in [0.4, 0.5) is 0 Å². The van der Waals surface area contributed by atoms with Crippen LogP contribution in [0.3, 0.4) is 0 Å². The molecular formula is C26H32ClN3O. The predicted octanol–water partition coefficient (Wildman–Crippen LogP) is 6.28. The van der Waals surface area contributed by atoms with Gasteiger partial charge in [0.05, 0.1) is 7.11 Å². The van der Waals surface area contributed by atoms with Crippen molar-refractivity contribution in [2.24, 2.45) is 0 Å². The summed E-state index contributed by atoms with van der Waals surface area (Å²) in [6, 6.07) is 15.0. The summed E-state index contributed by atoms with van der Waals surface area (Å²) in [6.07, 6.45) is 10.5. The highest BCUT2D eigenvalue weighted by Crippen LogP contribution is 2.33. The van der Waals surface area contributed by atoms with Crippen molar-refractivity contribution in [3.63, 3.8) is 0 Å². The third-order valence-electron chi connectivity index (χ3n) is 6.79. The predicted molar refractivity (Wildman–Crippen MR) is 132 cm³/mol. The van der Waals surface area contributed by atoms with Crippen LogP contribution in [0.1, 0.15) is 42.7 Å². The molecule has 5 rings (SSSR count). The van der Waals surface area contributed by atoms with Gasteiger partial charge >= 0.3 is 0 Å². The van der Waals surface area contributed by atoms with Gasteiger partial charge in [-0.1, -0.05) is 18.2 Å². The first kappa shape index (κ1) is 21.8. The highest BCUT2D eigenvalue weighted by molar-refractivity contribution is 5.85. The third kappa shape index (κ3) is 4.60. The number of H-pyrrole nitrogens is 2. The van der Waals surface area contributed by atoms with Crippen LogP contribution >= 0.6 is 12.4 Å². The maximum atomic E-state index is 5.39. The average Bonchev–Trinajstić information content (AvgIpc) is 3.41. The van der Waals surface area contributed by atoms with Crippen molar-refractivity contribution in [1.29, 1.82) is 0 Å². The van der Waals surface area contributed by atoms with E-state index in [1.165, 1.54) is 78.3 Å². The molecule has 1 fully saturated rings. The highest BCUT2D eigenvalue weighted by atomic mass is 35.5. The molecule has 164 valence electrons. The molecule has 0 atom stereocenters. The summed E-state index contributed by atoms with van der Waals surface area (Å²) >= 11 is 0. The molecule has 1 aliphatic heterocycles. The Morgan fingerprint density at radius 1 is 0.935 bits per heavy atom. The summed E-state index contributed by atoms with van der Waals surface area (Å²) in [5, 5.41) is 2.71. The molecular weight excluding hydrogens is 406 g/mol. The molecule has 0 bridgehead atoms. The van der Waals surface area contributed by atoms with Gasteiger partial charge in [0, 0.05) is 34.2 Å². The quantitative estimate of drug-likeness (QED) is 0.334. The largest absolute Gasteiger partial charge is 0.497 e. The Bertz CT molecular complexity index is 1120. The van der Waals surface area contributed by atoms with Gasteiger partial charge in [-0.2, -0.15) is 0 Å². The first-order valence-corrected chi connectivity index (χ1v) is 11.2. The molecule has 0 radical (unpaired) electrons. The van der Waals surface area contributed by atoms with E-state index in [4.69, 9.17) is 4.74 Å². The van der Waals surface area contributed by atoms with E-state index in [9.17, 15) is 0 Å². The second kappa shape index (κ2) is 9.80. The molecule has 0 spiro atoms. The van der Waals surface area contributed by atoms with Crippen molar-refractivity contribution in [1.82, 2.24) is 14.9 Å². The third-order valence-corrected chi connectivity index (χ3v) is 6.79. The summed E-state index contributed by atoms with van der Waals surface area (Å²) in [5.41, 5.74) is 5.39. The maximum absolute atomic E-state index is 5.39. The number of fused-ring (bicyclic) bond motifs is 2. The van der Waals surface area contributed by atoms with Crippen LogP contribution in [0.2, 0.25) is 0 Å². The van der Waals surface area contributed by atoms with Crippen LogP contribution in [0, 0.1) is 0 Å². The minimum atomic E-state index is 0. The number of benzene rings is 2. The van der Waals surface area contributed by atoms with Crippen molar-refractivity contribution in [3.05, 3.63) is 66.0 Å². The lowest BCUT2D eigenvalue weighted by atomic mass is 9.89. The smallest absolute Gasteiger partial charge is 0.119 e. The zero-order valence-corrected chi connectivity index (χ0v) is 19.0. The monoisotopic (exact) mass is 437 g/mol. The van der Waals surface area contributed by atoms with Gasteiger partial charge in [0.15, 0.2) is 0 Å². The fraction of sp³-hybridized carbons (Fsp3) is 0.385. The fourth-order valence-electron chi connectivity index (χ4n) is 5.04. The number of likely N-dealkylation sites (tertiary alicyclic amines) is 1. The van der Waals surface area contributed by atoms with E-state index in [1.54, 1.807) is 7.11 Å². The SMILES string of the molecule is COc1ccc2[nH]cc(CCCCN3CCC(c4c[nH]c5ccccc45)CC3)c2c1.Cl. The number of aryl methyl sites for hydroxylation is 1. The molecule has 0 unspecified atom stereocenters. The molecule has 0 saturated carbocycles. The zero-order valence-electron chi connectivity index (χ0n) is 18.2. The summed E-state index contributed by atoms with van der Waals surface area (Å²) in [7, 11) is 1.73. The van der Waals surface area contributed by atoms with Crippen molar-refractivity contribution in [3.8, 4) is 5.75 Å². The lowest BCUT2D eigenvalue weighted by Gasteiger charge is -2.32. The first-order chi connectivity index (χ1) is 14.8. The standard InChI is InChI=1S/C26H31N3O.ClH/c1-30-21-9-10-26-23(16-21)20(17-27-26)6-4-5-13-29-14-11-19(12-15-29)24-18-28-25-8-3-2-7-22(24)25;/h2-3,7-10,16-19,27-28H,4-6,11-15H2,1H3;1H. The van der Waals surface area contributed by atoms with Crippen molar-refractivity contribution < 1.29 is 4.74 Å². The average molecular weight is 438 g/mol. The van der Waals surface area contributed by atoms with Gasteiger partial charge in [0.1, 0.15) is 5.75 Å². The molecule has 31 heavy (non-hydrogen) atoms. The molecule has 0 aliphatic carbocycles. The van der Waals surface area contributed by atoms with Gasteiger partial charge in [-0.05, 0) is 93.0 Å². The molecule has 1 saturated heterocycles. The second-order valence-corrected chi connectivity index (χ2v) is 8.59. The molecule has 5 heteroatoms. The summed E-state index contributed by atoms with van der Waals surface area (Å²) in [4.78, 5) is 9.50. The number of rotatable bonds is 7. The number of para-hydroxylation sites is 1. The van der Waals surface area contributed by atoms with Crippen molar-refractivity contribution in [2.75, 3.05) is 26.7 Å². The number of aromatic nitrogens is 2. The van der Waals surface area contributed by atoms with E-state index in [-0.39, 0.29) is 12.4 Å². The number of nitrogens with one attached hydrogen (secondary N) is 2. The molecule has 2 N–H and O–H groups in total. The Labute approximate surface area is 190 Å². The highest BCUT2D eigenvalue weighted by Gasteiger charge is 2.22. The van der Waals surface area contributed by atoms with Crippen LogP contribution in [-0.2, 0) is 6.42 Å². The molecule has 2 aromatic heterocycles. The Kier molecular flexibility index (Phi) is 6.89. The van der Waals surface area contributed by atoms with E-state index in [0.717, 1.165) is 12.2 Å². The lowest BCUT2D eigenvalue weighted by molar-refractivity contribution is 0.209. The number of nitrogens with zero attached hydrogens (tertiary/aromatic N) is 1. The molecule has 4 aromatic rings. The van der Waals surface area contributed by atoms with Gasteiger partial charge in [-0.3, -0.25) is 0 Å². The van der Waals surface area contributed by atoms with Crippen molar-refractivity contribution in [2.45, 2.75) is 38.0 Å². The van der Waals surface area contributed by atoms with Crippen LogP contribution < -0.4 is 4.74 Å². The van der Waals surface area contributed by atoms with Gasteiger partial charge in [0.25, 0.3) is 0 Å². The van der Waals surface area contributed by atoms with Gasteiger partial charge in [-0.15, -0.1) is 12.4 Å². The number of unbranched alkanes of at least 4 members (excludes halogenated alkanes) is 1. The van der Waals surface area contributed by atoms with Crippen LogP contribution in [0.25, 0.3) is 21.8 Å². The number of methoxy groups -OCH3 is 1. The second-order valence-electron chi connectivity index (χ2n) is 8.59. The molecule has 1 aliphatic rings. The van der Waals surface area contributed by atoms with E-state index in [2.05, 4.69) is 63.7 Å². The number of hydrogen-bond donors (Lipinski definition) is 2. The molecule has 0 amide bonds. The van der Waals surface area contributed by atoms with Crippen LogP contribution in [0.15, 0.2) is 54.9 Å². The van der Waals surface area contributed by atoms with E-state index in [0.29, 0.717) is 5.92 Å². The normalized spacial score (nSPS) is 15.4. The Hall–Kier alpha value is -2.43. The Morgan fingerprint density at radius 2 is 1.71 bits per heavy atom. The van der Waals surface area contributed by atoms with E-state index >= 15 is 0 Å². The molecule has 3 heterocycles. The van der Waals surface area contributed by atoms with E-state index in [1.807, 2.05) is 6.07 Å². The molecule has 2 aromatic carbocycles. The number of halogens is 1. The van der Waals surface area contributed by atoms with E-state index < -0.39 is 0 Å². The number of piperidine rings is 1. The number of ether oxygens (including phenoxy) is 1. The zero-order chi connectivity index (χ0) is 20.3. The van der Waals surface area contributed by atoms with Gasteiger partial charge in [-0.25, -0.2) is 0 Å². The summed E-state index contributed by atoms with van der Waals surface area (Å²) in [5.74, 6) is 1.63. The van der Waals surface area contributed by atoms with Gasteiger partial charge in [0.2, 0.25) is 0 Å². The van der Waals surface area contributed by atoms with Crippen LogP contribution in [-0.4, -0.2) is 41.6 Å². The molecule has 4 nitrogen and oxygen atoms in total. The number of hydrogen-bond acceptors (Lipinski definition) is 2. The van der Waals surface area contributed by atoms with Crippen molar-refractivity contribution >= 4 is 34.2 Å². The lowest BCUT2D eigenvalue weighted by Crippen LogP contribution is -2.33. The van der Waals surface area contributed by atoms with Gasteiger partial charge < -0.3 is 19.6 Å². The fourth-order valence-corrected chi connectivity index (χ4v) is 5.04. The minimum Gasteiger partial charge on any atom is -0.497 e. The van der Waals surface area contributed by atoms with Crippen LogP contribution in [0.5, 0.6) is 5.75 Å². The topological polar surface area (TPSA) is 44.0 Å². The summed E-state index contributed by atoms with van der Waals surface area (Å²) in [6.45, 7) is 3.65.